The second-order valence-electron chi connectivity index (χ2n) is 10.7. The van der Waals surface area contributed by atoms with E-state index in [-0.39, 0.29) is 52.5 Å². The fourth-order valence-electron chi connectivity index (χ4n) is 4.32. The minimum Gasteiger partial charge on any atom is -0.457 e. The van der Waals surface area contributed by atoms with Crippen LogP contribution in [0.5, 0.6) is 11.5 Å². The third kappa shape index (κ3) is 7.31. The number of carbonyl (C=O) groups excluding carboxylic acids is 6. The molecule has 1 amide bonds. The summed E-state index contributed by atoms with van der Waals surface area (Å²) in [6.45, 7) is 7.68. The molecule has 1 N–H and O–H groups in total. The molecule has 0 unspecified atom stereocenters. The molecule has 0 saturated carbocycles. The lowest BCUT2D eigenvalue weighted by Gasteiger charge is -2.22. The summed E-state index contributed by atoms with van der Waals surface area (Å²) >= 11 is 0. The van der Waals surface area contributed by atoms with Crippen LogP contribution in [-0.2, 0) is 32.2 Å². The van der Waals surface area contributed by atoms with E-state index in [1.54, 1.807) is 45.0 Å². The molecular weight excluding hydrogens is 558 g/mol. The van der Waals surface area contributed by atoms with Crippen LogP contribution >= 0.6 is 0 Å². The largest absolute Gasteiger partial charge is 0.457 e. The van der Waals surface area contributed by atoms with Gasteiger partial charge >= 0.3 is 24.0 Å². The molecule has 0 radical (unpaired) electrons. The molecule has 3 aromatic carbocycles. The Labute approximate surface area is 247 Å². The summed E-state index contributed by atoms with van der Waals surface area (Å²) in [7, 11) is 0. The molecule has 43 heavy (non-hydrogen) atoms. The summed E-state index contributed by atoms with van der Waals surface area (Å²) in [6, 6.07) is 13.5. The van der Waals surface area contributed by atoms with Gasteiger partial charge in [-0.1, -0.05) is 36.4 Å². The lowest BCUT2D eigenvalue weighted by molar-refractivity contribution is -0.132. The number of hydrogen-bond donors (Lipinski definition) is 1. The maximum Gasteiger partial charge on any atom is 0.407 e. The molecule has 0 aromatic heterocycles. The van der Waals surface area contributed by atoms with E-state index in [2.05, 4.69) is 5.32 Å². The summed E-state index contributed by atoms with van der Waals surface area (Å²) in [5, 5.41) is 2.66. The van der Waals surface area contributed by atoms with Gasteiger partial charge in [0.1, 0.15) is 23.7 Å². The second kappa shape index (κ2) is 12.3. The zero-order valence-corrected chi connectivity index (χ0v) is 24.2. The van der Waals surface area contributed by atoms with Crippen LogP contribution in [0, 0.1) is 0 Å². The summed E-state index contributed by atoms with van der Waals surface area (Å²) in [4.78, 5) is 75.3. The molecular formula is C32H29NO10. The van der Waals surface area contributed by atoms with Crippen molar-refractivity contribution < 1.29 is 47.7 Å². The van der Waals surface area contributed by atoms with E-state index in [1.165, 1.54) is 24.3 Å². The smallest absolute Gasteiger partial charge is 0.407 e. The number of hydrogen-bond acceptors (Lipinski definition) is 10. The first kappa shape index (κ1) is 30.6. The molecule has 11 heteroatoms. The van der Waals surface area contributed by atoms with Crippen molar-refractivity contribution in [1.29, 1.82) is 0 Å². The number of ether oxygens (including phenoxy) is 4. The number of rotatable bonds is 7. The maximum atomic E-state index is 13.5. The van der Waals surface area contributed by atoms with Crippen LogP contribution in [0.25, 0.3) is 0 Å². The number of alkyl carbamates (subject to hydrolysis) is 1. The van der Waals surface area contributed by atoms with Gasteiger partial charge in [-0.05, 0) is 50.1 Å². The maximum absolute atomic E-state index is 13.5. The van der Waals surface area contributed by atoms with Crippen molar-refractivity contribution in [2.75, 3.05) is 0 Å². The minimum atomic E-state index is -0.827. The summed E-state index contributed by atoms with van der Waals surface area (Å²) in [5.41, 5.74) is 0.128. The number of ketones is 2. The third-order valence-corrected chi connectivity index (χ3v) is 6.04. The van der Waals surface area contributed by atoms with Crippen LogP contribution in [0.4, 0.5) is 4.79 Å². The van der Waals surface area contributed by atoms with E-state index in [0.717, 1.165) is 25.5 Å². The molecule has 1 aliphatic carbocycles. The van der Waals surface area contributed by atoms with E-state index in [0.29, 0.717) is 5.56 Å². The summed E-state index contributed by atoms with van der Waals surface area (Å²) in [5.74, 6) is -4.06. The van der Waals surface area contributed by atoms with E-state index in [1.807, 2.05) is 0 Å². The zero-order chi connectivity index (χ0) is 31.5. The van der Waals surface area contributed by atoms with Gasteiger partial charge in [0.25, 0.3) is 0 Å². The van der Waals surface area contributed by atoms with Crippen LogP contribution in [0.15, 0.2) is 54.6 Å². The quantitative estimate of drug-likeness (QED) is 0.238. The molecule has 0 saturated heterocycles. The molecule has 0 bridgehead atoms. The average molecular weight is 588 g/mol. The minimum absolute atomic E-state index is 0.0307. The standard InChI is InChI=1S/C32H29NO10/c1-17(34)41-24-8-6-7-22-26(24)29(37)27-23(28(22)36)13-21(14-25(27)42-18(2)35)30(38)40-16-20-11-9-19(10-12-20)15-33-31(39)43-32(3,4)5/h6-14H,15-16H2,1-5H3,(H,33,39). The molecule has 0 heterocycles. The fourth-order valence-corrected chi connectivity index (χ4v) is 4.32. The van der Waals surface area contributed by atoms with Crippen molar-refractivity contribution >= 4 is 35.6 Å². The number of nitrogens with one attached hydrogen (secondary N) is 1. The van der Waals surface area contributed by atoms with Crippen LogP contribution in [0.3, 0.4) is 0 Å². The van der Waals surface area contributed by atoms with Gasteiger partial charge in [-0.2, -0.15) is 0 Å². The second-order valence-corrected chi connectivity index (χ2v) is 10.7. The van der Waals surface area contributed by atoms with Crippen LogP contribution in [0.1, 0.15) is 87.9 Å². The van der Waals surface area contributed by atoms with Gasteiger partial charge in [0, 0.05) is 31.5 Å². The number of amides is 1. The Hall–Kier alpha value is -5.32. The highest BCUT2D eigenvalue weighted by Crippen LogP contribution is 2.38. The predicted molar refractivity (Wildman–Crippen MR) is 151 cm³/mol. The Balaban J connectivity index is 1.53. The number of carbonyl (C=O) groups is 6. The highest BCUT2D eigenvalue weighted by molar-refractivity contribution is 6.30. The first-order chi connectivity index (χ1) is 20.2. The Bertz CT molecular complexity index is 1650. The number of esters is 3. The third-order valence-electron chi connectivity index (χ3n) is 6.04. The van der Waals surface area contributed by atoms with Gasteiger partial charge in [-0.3, -0.25) is 19.2 Å². The SMILES string of the molecule is CC(=O)Oc1cccc2c1C(=O)c1c(OC(C)=O)cc(C(=O)OCc3ccc(CNC(=O)OC(C)(C)C)cc3)cc1C2=O. The van der Waals surface area contributed by atoms with Crippen molar-refractivity contribution in [2.45, 2.75) is 53.4 Å². The number of fused-ring (bicyclic) bond motifs is 2. The normalized spacial score (nSPS) is 12.0. The number of benzene rings is 3. The Morgan fingerprint density at radius 1 is 0.744 bits per heavy atom. The van der Waals surface area contributed by atoms with Gasteiger partial charge in [-0.15, -0.1) is 0 Å². The van der Waals surface area contributed by atoms with Crippen LogP contribution < -0.4 is 14.8 Å². The molecule has 1 aliphatic rings. The molecule has 11 nitrogen and oxygen atoms in total. The molecule has 3 aromatic rings. The van der Waals surface area contributed by atoms with Crippen molar-refractivity contribution in [3.8, 4) is 11.5 Å². The van der Waals surface area contributed by atoms with Gasteiger partial charge in [-0.25, -0.2) is 9.59 Å². The summed E-state index contributed by atoms with van der Waals surface area (Å²) in [6.07, 6.45) is -0.544. The molecule has 0 atom stereocenters. The monoisotopic (exact) mass is 587 g/mol. The van der Waals surface area contributed by atoms with Crippen molar-refractivity contribution in [3.63, 3.8) is 0 Å². The van der Waals surface area contributed by atoms with Crippen LogP contribution in [-0.4, -0.2) is 41.2 Å². The average Bonchev–Trinajstić information content (AvgIpc) is 2.92. The molecule has 0 spiro atoms. The molecule has 4 rings (SSSR count). The van der Waals surface area contributed by atoms with Crippen molar-refractivity contribution in [3.05, 3.63) is 93.5 Å². The first-order valence-corrected chi connectivity index (χ1v) is 13.2. The van der Waals surface area contributed by atoms with Crippen molar-refractivity contribution in [1.82, 2.24) is 5.32 Å². The summed E-state index contributed by atoms with van der Waals surface area (Å²) < 4.78 is 21.0. The van der Waals surface area contributed by atoms with Gasteiger partial charge in [0.05, 0.1) is 16.7 Å². The van der Waals surface area contributed by atoms with Gasteiger partial charge < -0.3 is 24.3 Å². The predicted octanol–water partition coefficient (Wildman–Crippen LogP) is 4.69. The zero-order valence-electron chi connectivity index (χ0n) is 24.2. The molecule has 222 valence electrons. The highest BCUT2D eigenvalue weighted by atomic mass is 16.6. The topological polar surface area (TPSA) is 151 Å². The molecule has 0 aliphatic heterocycles. The lowest BCUT2D eigenvalue weighted by atomic mass is 9.82. The Morgan fingerprint density at radius 2 is 1.35 bits per heavy atom. The highest BCUT2D eigenvalue weighted by Gasteiger charge is 2.36. The van der Waals surface area contributed by atoms with Gasteiger partial charge in [0.15, 0.2) is 5.78 Å². The van der Waals surface area contributed by atoms with Crippen molar-refractivity contribution in [2.24, 2.45) is 0 Å². The van der Waals surface area contributed by atoms with Crippen LogP contribution in [0.2, 0.25) is 0 Å². The van der Waals surface area contributed by atoms with E-state index in [9.17, 15) is 28.8 Å². The van der Waals surface area contributed by atoms with E-state index in [4.69, 9.17) is 18.9 Å². The lowest BCUT2D eigenvalue weighted by Crippen LogP contribution is -2.32. The Morgan fingerprint density at radius 3 is 1.98 bits per heavy atom. The van der Waals surface area contributed by atoms with Gasteiger partial charge in [0.2, 0.25) is 5.78 Å². The Kier molecular flexibility index (Phi) is 8.74. The van der Waals surface area contributed by atoms with E-state index >= 15 is 0 Å². The first-order valence-electron chi connectivity index (χ1n) is 13.2. The van der Waals surface area contributed by atoms with E-state index < -0.39 is 41.2 Å². The molecule has 0 fully saturated rings. The fraction of sp³-hybridized carbons (Fsp3) is 0.250.